The van der Waals surface area contributed by atoms with Crippen molar-refractivity contribution in [2.75, 3.05) is 11.4 Å². The first-order valence-corrected chi connectivity index (χ1v) is 6.30. The molecule has 0 bridgehead atoms. The molecule has 5 nitrogen and oxygen atoms in total. The summed E-state index contributed by atoms with van der Waals surface area (Å²) in [6, 6.07) is 3.31. The number of aliphatic hydroxyl groups excluding tert-OH is 1. The van der Waals surface area contributed by atoms with Crippen LogP contribution in [0.4, 0.5) is 5.82 Å². The summed E-state index contributed by atoms with van der Waals surface area (Å²) in [5.41, 5.74) is 6.19. The smallest absolute Gasteiger partial charge is 0.240 e. The SMILES string of the molecule is C[C@H](O)c1cccnc1N1CCCCC1C(N)=O. The Morgan fingerprint density at radius 2 is 2.39 bits per heavy atom. The number of primary amides is 1. The second-order valence-electron chi connectivity index (χ2n) is 4.70. The van der Waals surface area contributed by atoms with Crippen LogP contribution in [0.3, 0.4) is 0 Å². The van der Waals surface area contributed by atoms with Crippen molar-refractivity contribution in [3.63, 3.8) is 0 Å². The summed E-state index contributed by atoms with van der Waals surface area (Å²) < 4.78 is 0. The third-order valence-electron chi connectivity index (χ3n) is 3.37. The van der Waals surface area contributed by atoms with Gasteiger partial charge in [-0.3, -0.25) is 4.79 Å². The van der Waals surface area contributed by atoms with Gasteiger partial charge in [0.1, 0.15) is 11.9 Å². The first-order chi connectivity index (χ1) is 8.61. The summed E-state index contributed by atoms with van der Waals surface area (Å²) in [6.45, 7) is 2.45. The van der Waals surface area contributed by atoms with Crippen LogP contribution in [0.5, 0.6) is 0 Å². The first-order valence-electron chi connectivity index (χ1n) is 6.30. The molecule has 2 atom stereocenters. The van der Waals surface area contributed by atoms with Crippen molar-refractivity contribution < 1.29 is 9.90 Å². The number of anilines is 1. The molecule has 18 heavy (non-hydrogen) atoms. The molecule has 1 aromatic heterocycles. The fourth-order valence-corrected chi connectivity index (χ4v) is 2.46. The minimum absolute atomic E-state index is 0.314. The fraction of sp³-hybridized carbons (Fsp3) is 0.538. The predicted molar refractivity (Wildman–Crippen MR) is 69.1 cm³/mol. The highest BCUT2D eigenvalue weighted by Crippen LogP contribution is 2.29. The lowest BCUT2D eigenvalue weighted by molar-refractivity contribution is -0.119. The van der Waals surface area contributed by atoms with Gasteiger partial charge in [-0.15, -0.1) is 0 Å². The average molecular weight is 249 g/mol. The van der Waals surface area contributed by atoms with E-state index in [1.54, 1.807) is 19.2 Å². The quantitative estimate of drug-likeness (QED) is 0.837. The minimum Gasteiger partial charge on any atom is -0.389 e. The number of piperidine rings is 1. The molecule has 5 heteroatoms. The highest BCUT2D eigenvalue weighted by molar-refractivity contribution is 5.83. The number of pyridine rings is 1. The number of carbonyl (C=O) groups excluding carboxylic acids is 1. The van der Waals surface area contributed by atoms with Gasteiger partial charge in [0, 0.05) is 18.3 Å². The lowest BCUT2D eigenvalue weighted by Gasteiger charge is -2.36. The van der Waals surface area contributed by atoms with Crippen LogP contribution < -0.4 is 10.6 Å². The number of carbonyl (C=O) groups is 1. The lowest BCUT2D eigenvalue weighted by Crippen LogP contribution is -2.48. The number of aromatic nitrogens is 1. The van der Waals surface area contributed by atoms with E-state index in [4.69, 9.17) is 5.73 Å². The van der Waals surface area contributed by atoms with Crippen LogP contribution in [0.15, 0.2) is 18.3 Å². The second kappa shape index (κ2) is 5.35. The van der Waals surface area contributed by atoms with Crippen LogP contribution in [-0.2, 0) is 4.79 Å². The van der Waals surface area contributed by atoms with Crippen molar-refractivity contribution >= 4 is 11.7 Å². The van der Waals surface area contributed by atoms with Crippen molar-refractivity contribution in [2.24, 2.45) is 5.73 Å². The molecule has 1 aromatic rings. The monoisotopic (exact) mass is 249 g/mol. The van der Waals surface area contributed by atoms with Crippen LogP contribution in [0, 0.1) is 0 Å². The summed E-state index contributed by atoms with van der Waals surface area (Å²) in [5, 5.41) is 9.78. The average Bonchev–Trinajstić information content (AvgIpc) is 2.38. The van der Waals surface area contributed by atoms with Gasteiger partial charge in [0.05, 0.1) is 6.10 Å². The van der Waals surface area contributed by atoms with E-state index in [1.165, 1.54) is 0 Å². The molecule has 2 rings (SSSR count). The van der Waals surface area contributed by atoms with Gasteiger partial charge in [-0.25, -0.2) is 4.98 Å². The Labute approximate surface area is 107 Å². The standard InChI is InChI=1S/C13H19N3O2/c1-9(17)10-5-4-7-15-13(10)16-8-3-2-6-11(16)12(14)18/h4-5,7,9,11,17H,2-3,6,8H2,1H3,(H2,14,18)/t9-,11?/m0/s1. The molecular weight excluding hydrogens is 230 g/mol. The topological polar surface area (TPSA) is 79.5 Å². The van der Waals surface area contributed by atoms with Crippen molar-refractivity contribution in [1.29, 1.82) is 0 Å². The highest BCUT2D eigenvalue weighted by atomic mass is 16.3. The Kier molecular flexibility index (Phi) is 3.81. The number of hydrogen-bond acceptors (Lipinski definition) is 4. The molecule has 3 N–H and O–H groups in total. The Morgan fingerprint density at radius 3 is 3.06 bits per heavy atom. The van der Waals surface area contributed by atoms with Crippen molar-refractivity contribution in [3.8, 4) is 0 Å². The molecule has 1 aliphatic heterocycles. The maximum Gasteiger partial charge on any atom is 0.240 e. The third-order valence-corrected chi connectivity index (χ3v) is 3.37. The number of hydrogen-bond donors (Lipinski definition) is 2. The van der Waals surface area contributed by atoms with Gasteiger partial charge in [0.25, 0.3) is 0 Å². The van der Waals surface area contributed by atoms with E-state index in [-0.39, 0.29) is 11.9 Å². The van der Waals surface area contributed by atoms with Crippen LogP contribution in [-0.4, -0.2) is 28.6 Å². The maximum absolute atomic E-state index is 11.5. The van der Waals surface area contributed by atoms with Crippen LogP contribution in [0.2, 0.25) is 0 Å². The van der Waals surface area contributed by atoms with Gasteiger partial charge in [0.15, 0.2) is 0 Å². The molecule has 1 unspecified atom stereocenters. The number of rotatable bonds is 3. The van der Waals surface area contributed by atoms with Crippen molar-refractivity contribution in [3.05, 3.63) is 23.9 Å². The zero-order valence-electron chi connectivity index (χ0n) is 10.5. The summed E-state index contributed by atoms with van der Waals surface area (Å²) in [5.74, 6) is 0.355. The summed E-state index contributed by atoms with van der Waals surface area (Å²) >= 11 is 0. The maximum atomic E-state index is 11.5. The summed E-state index contributed by atoms with van der Waals surface area (Å²) in [7, 11) is 0. The molecule has 0 saturated carbocycles. The molecule has 0 spiro atoms. The van der Waals surface area contributed by atoms with Gasteiger partial charge in [-0.1, -0.05) is 6.07 Å². The zero-order valence-corrected chi connectivity index (χ0v) is 10.5. The molecule has 98 valence electrons. The van der Waals surface area contributed by atoms with E-state index < -0.39 is 6.10 Å². The van der Waals surface area contributed by atoms with Crippen molar-refractivity contribution in [1.82, 2.24) is 4.98 Å². The van der Waals surface area contributed by atoms with Gasteiger partial charge < -0.3 is 15.7 Å². The van der Waals surface area contributed by atoms with Gasteiger partial charge >= 0.3 is 0 Å². The van der Waals surface area contributed by atoms with E-state index in [0.29, 0.717) is 5.82 Å². The zero-order chi connectivity index (χ0) is 13.1. The van der Waals surface area contributed by atoms with E-state index >= 15 is 0 Å². The van der Waals surface area contributed by atoms with E-state index in [9.17, 15) is 9.90 Å². The normalized spacial score (nSPS) is 21.7. The Hall–Kier alpha value is -1.62. The second-order valence-corrected chi connectivity index (χ2v) is 4.70. The van der Waals surface area contributed by atoms with E-state index in [1.807, 2.05) is 11.0 Å². The molecule has 1 amide bonds. The minimum atomic E-state index is -0.607. The molecule has 1 aliphatic rings. The Morgan fingerprint density at radius 1 is 1.61 bits per heavy atom. The molecule has 0 aliphatic carbocycles. The molecule has 0 radical (unpaired) electrons. The Bertz CT molecular complexity index is 434. The van der Waals surface area contributed by atoms with Crippen molar-refractivity contribution in [2.45, 2.75) is 38.3 Å². The van der Waals surface area contributed by atoms with Gasteiger partial charge in [0.2, 0.25) is 5.91 Å². The third kappa shape index (κ3) is 2.46. The van der Waals surface area contributed by atoms with Crippen LogP contribution in [0.25, 0.3) is 0 Å². The van der Waals surface area contributed by atoms with E-state index in [0.717, 1.165) is 31.4 Å². The number of amides is 1. The van der Waals surface area contributed by atoms with Crippen LogP contribution in [0.1, 0.15) is 37.9 Å². The first kappa shape index (κ1) is 12.8. The summed E-state index contributed by atoms with van der Waals surface area (Å²) in [6.07, 6.45) is 3.84. The number of aliphatic hydroxyl groups is 1. The lowest BCUT2D eigenvalue weighted by atomic mass is 10.00. The largest absolute Gasteiger partial charge is 0.389 e. The molecular formula is C13H19N3O2. The summed E-state index contributed by atoms with van der Waals surface area (Å²) in [4.78, 5) is 17.7. The number of nitrogens with two attached hydrogens (primary N) is 1. The fourth-order valence-electron chi connectivity index (χ4n) is 2.46. The Balaban J connectivity index is 2.36. The molecule has 2 heterocycles. The van der Waals surface area contributed by atoms with Gasteiger partial charge in [-0.2, -0.15) is 0 Å². The molecule has 1 saturated heterocycles. The molecule has 0 aromatic carbocycles. The highest BCUT2D eigenvalue weighted by Gasteiger charge is 2.29. The van der Waals surface area contributed by atoms with E-state index in [2.05, 4.69) is 4.98 Å². The number of nitrogens with zero attached hydrogens (tertiary/aromatic N) is 2. The molecule has 1 fully saturated rings. The predicted octanol–water partition coefficient (Wildman–Crippen LogP) is 0.979. The van der Waals surface area contributed by atoms with Gasteiger partial charge in [-0.05, 0) is 32.3 Å². The van der Waals surface area contributed by atoms with Crippen LogP contribution >= 0.6 is 0 Å².